The molecule has 3 aromatic rings. The van der Waals surface area contributed by atoms with Gasteiger partial charge in [0.25, 0.3) is 0 Å². The number of ether oxygens (including phenoxy) is 2. The van der Waals surface area contributed by atoms with Crippen molar-refractivity contribution < 1.29 is 44.8 Å². The second kappa shape index (κ2) is 11.6. The summed E-state index contributed by atoms with van der Waals surface area (Å²) < 4.78 is 70.5. The van der Waals surface area contributed by atoms with Crippen molar-refractivity contribution in [2.45, 2.75) is 5.51 Å². The van der Waals surface area contributed by atoms with Gasteiger partial charge < -0.3 is 13.7 Å². The molecule has 0 amide bonds. The maximum atomic E-state index is 12.1. The highest BCUT2D eigenvalue weighted by Gasteiger charge is 2.49. The highest BCUT2D eigenvalue weighted by molar-refractivity contribution is 7.88. The van der Waals surface area contributed by atoms with E-state index in [0.717, 1.165) is 36.6 Å². The predicted octanol–water partition coefficient (Wildman–Crippen LogP) is 4.29. The van der Waals surface area contributed by atoms with Gasteiger partial charge in [-0.3, -0.25) is 0 Å². The molecule has 0 N–H and O–H groups in total. The molecule has 2 aromatic heterocycles. The lowest BCUT2D eigenvalue weighted by Crippen LogP contribution is -2.28. The van der Waals surface area contributed by atoms with Crippen LogP contribution in [-0.2, 0) is 19.6 Å². The maximum Gasteiger partial charge on any atom is 0.534 e. The van der Waals surface area contributed by atoms with E-state index in [1.54, 1.807) is 24.4 Å². The smallest absolute Gasteiger partial charge is 0.464 e. The van der Waals surface area contributed by atoms with Crippen molar-refractivity contribution in [1.29, 1.82) is 0 Å². The van der Waals surface area contributed by atoms with Crippen LogP contribution in [0.1, 0.15) is 21.0 Å². The molecule has 0 aliphatic carbocycles. The molecule has 0 aliphatic heterocycles. The molecule has 186 valence electrons. The molecule has 0 fully saturated rings. The van der Waals surface area contributed by atoms with E-state index in [-0.39, 0.29) is 0 Å². The van der Waals surface area contributed by atoms with Gasteiger partial charge in [-0.15, -0.1) is 0 Å². The van der Waals surface area contributed by atoms with Crippen LogP contribution >= 0.6 is 11.6 Å². The number of nitrogens with zero attached hydrogens (tertiary/aromatic N) is 2. The molecule has 9 nitrogen and oxygen atoms in total. The quantitative estimate of drug-likeness (QED) is 0.269. The van der Waals surface area contributed by atoms with Crippen LogP contribution in [0.15, 0.2) is 60.9 Å². The Hall–Kier alpha value is -3.71. The molecule has 0 saturated heterocycles. The zero-order valence-corrected chi connectivity index (χ0v) is 19.5. The van der Waals surface area contributed by atoms with Crippen molar-refractivity contribution >= 4 is 33.7 Å². The largest absolute Gasteiger partial charge is 0.534 e. The number of hydrogen-bond acceptors (Lipinski definition) is 9. The van der Waals surface area contributed by atoms with Gasteiger partial charge in [0, 0.05) is 23.0 Å². The first-order valence-electron chi connectivity index (χ1n) is 9.24. The molecule has 0 saturated carbocycles. The third-order valence-electron chi connectivity index (χ3n) is 3.97. The zero-order chi connectivity index (χ0) is 26.2. The number of hydrogen-bond donors (Lipinski definition) is 0. The lowest BCUT2D eigenvalue weighted by molar-refractivity contribution is -0.0500. The minimum Gasteiger partial charge on any atom is -0.464 e. The molecule has 0 spiro atoms. The standard InChI is InChI=1S/C13H10ClNO2.C8H6F3NO5S/c1-17-13(16)12-11(3-2-8-15-12)9-4-6-10(14)7-5-9;1-16-7(13)6-5(3-2-4-12-6)17-18(14,15)8(9,10)11/h2-8H,1H3;2-4H,1H3. The summed E-state index contributed by atoms with van der Waals surface area (Å²) in [6.45, 7) is 0. The Morgan fingerprint density at radius 2 is 1.37 bits per heavy atom. The van der Waals surface area contributed by atoms with Crippen LogP contribution in [0.4, 0.5) is 13.2 Å². The zero-order valence-electron chi connectivity index (χ0n) is 17.9. The van der Waals surface area contributed by atoms with Crippen molar-refractivity contribution in [3.8, 4) is 16.9 Å². The summed E-state index contributed by atoms with van der Waals surface area (Å²) in [5, 5.41) is 0.650. The fraction of sp³-hybridized carbons (Fsp3) is 0.143. The van der Waals surface area contributed by atoms with Gasteiger partial charge in [-0.25, -0.2) is 19.6 Å². The number of halogens is 4. The molecular formula is C21H16ClF3N2O7S. The first-order chi connectivity index (χ1) is 16.4. The first kappa shape index (κ1) is 27.5. The number of esters is 2. The molecule has 0 atom stereocenters. The molecule has 0 bridgehead atoms. The Morgan fingerprint density at radius 1 is 0.857 bits per heavy atom. The maximum absolute atomic E-state index is 12.1. The van der Waals surface area contributed by atoms with E-state index in [2.05, 4.69) is 18.9 Å². The first-order valence-corrected chi connectivity index (χ1v) is 11.0. The van der Waals surface area contributed by atoms with Gasteiger partial charge in [-0.2, -0.15) is 21.6 Å². The number of rotatable bonds is 5. The molecular weight excluding hydrogens is 517 g/mol. The number of pyridine rings is 2. The number of methoxy groups -OCH3 is 2. The van der Waals surface area contributed by atoms with E-state index < -0.39 is 39.0 Å². The monoisotopic (exact) mass is 532 g/mol. The highest BCUT2D eigenvalue weighted by atomic mass is 35.5. The van der Waals surface area contributed by atoms with Gasteiger partial charge in [0.2, 0.25) is 0 Å². The number of carbonyl (C=O) groups excluding carboxylic acids is 2. The highest BCUT2D eigenvalue weighted by Crippen LogP contribution is 2.28. The van der Waals surface area contributed by atoms with E-state index >= 15 is 0 Å². The average molecular weight is 533 g/mol. The second-order valence-electron chi connectivity index (χ2n) is 6.22. The summed E-state index contributed by atoms with van der Waals surface area (Å²) in [4.78, 5) is 30.1. The number of carbonyl (C=O) groups is 2. The van der Waals surface area contributed by atoms with Crippen molar-refractivity contribution in [2.24, 2.45) is 0 Å². The van der Waals surface area contributed by atoms with Gasteiger partial charge in [0.15, 0.2) is 17.1 Å². The Balaban J connectivity index is 0.000000247. The summed E-state index contributed by atoms with van der Waals surface area (Å²) in [6.07, 6.45) is 2.63. The fourth-order valence-electron chi connectivity index (χ4n) is 2.40. The molecule has 14 heteroatoms. The van der Waals surface area contributed by atoms with E-state index in [4.69, 9.17) is 16.3 Å². The van der Waals surface area contributed by atoms with Crippen molar-refractivity contribution in [3.05, 3.63) is 77.3 Å². The Labute approximate surface area is 202 Å². The van der Waals surface area contributed by atoms with E-state index in [1.807, 2.05) is 18.2 Å². The van der Waals surface area contributed by atoms with Crippen LogP contribution in [0.5, 0.6) is 5.75 Å². The van der Waals surface area contributed by atoms with Crippen LogP contribution in [0.3, 0.4) is 0 Å². The molecule has 0 aliphatic rings. The molecule has 0 unspecified atom stereocenters. The van der Waals surface area contributed by atoms with Crippen LogP contribution in [0.25, 0.3) is 11.1 Å². The summed E-state index contributed by atoms with van der Waals surface area (Å²) in [6, 6.07) is 12.8. The molecule has 1 aromatic carbocycles. The van der Waals surface area contributed by atoms with Crippen molar-refractivity contribution in [1.82, 2.24) is 9.97 Å². The molecule has 0 radical (unpaired) electrons. The molecule has 3 rings (SSSR count). The average Bonchev–Trinajstić information content (AvgIpc) is 2.83. The van der Waals surface area contributed by atoms with E-state index in [0.29, 0.717) is 10.7 Å². The normalized spacial score (nSPS) is 11.0. The predicted molar refractivity (Wildman–Crippen MR) is 117 cm³/mol. The Kier molecular flexibility index (Phi) is 9.14. The van der Waals surface area contributed by atoms with Gasteiger partial charge in [0.1, 0.15) is 0 Å². The van der Waals surface area contributed by atoms with Gasteiger partial charge in [-0.05, 0) is 35.9 Å². The van der Waals surface area contributed by atoms with Gasteiger partial charge in [0.05, 0.1) is 14.2 Å². The van der Waals surface area contributed by atoms with Gasteiger partial charge in [-0.1, -0.05) is 29.8 Å². The van der Waals surface area contributed by atoms with Crippen molar-refractivity contribution in [2.75, 3.05) is 14.2 Å². The Bertz CT molecular complexity index is 1300. The topological polar surface area (TPSA) is 122 Å². The third-order valence-corrected chi connectivity index (χ3v) is 5.19. The number of aromatic nitrogens is 2. The molecule has 35 heavy (non-hydrogen) atoms. The number of benzene rings is 1. The SMILES string of the molecule is COC(=O)c1ncccc1-c1ccc(Cl)cc1.COC(=O)c1ncccc1OS(=O)(=O)C(F)(F)F. The van der Waals surface area contributed by atoms with Crippen LogP contribution < -0.4 is 4.18 Å². The summed E-state index contributed by atoms with van der Waals surface area (Å²) in [7, 11) is -3.57. The van der Waals surface area contributed by atoms with Crippen LogP contribution in [-0.4, -0.2) is 50.1 Å². The number of alkyl halides is 3. The van der Waals surface area contributed by atoms with Crippen molar-refractivity contribution in [3.63, 3.8) is 0 Å². The van der Waals surface area contributed by atoms with Crippen LogP contribution in [0.2, 0.25) is 5.02 Å². The Morgan fingerprint density at radius 3 is 1.91 bits per heavy atom. The minimum absolute atomic E-state index is 0.303. The fourth-order valence-corrected chi connectivity index (χ4v) is 2.99. The molecule has 2 heterocycles. The third kappa shape index (κ3) is 7.13. The second-order valence-corrected chi connectivity index (χ2v) is 8.20. The van der Waals surface area contributed by atoms with Crippen LogP contribution in [0, 0.1) is 0 Å². The van der Waals surface area contributed by atoms with E-state index in [1.165, 1.54) is 7.11 Å². The summed E-state index contributed by atoms with van der Waals surface area (Å²) >= 11 is 5.82. The minimum atomic E-state index is -5.86. The summed E-state index contributed by atoms with van der Waals surface area (Å²) in [5.41, 5.74) is -4.36. The summed E-state index contributed by atoms with van der Waals surface area (Å²) in [5.74, 6) is -2.43. The van der Waals surface area contributed by atoms with E-state index in [9.17, 15) is 31.2 Å². The lowest BCUT2D eigenvalue weighted by Gasteiger charge is -2.10. The lowest BCUT2D eigenvalue weighted by atomic mass is 10.0. The van der Waals surface area contributed by atoms with Gasteiger partial charge >= 0.3 is 27.6 Å².